The summed E-state index contributed by atoms with van der Waals surface area (Å²) < 4.78 is 0. The highest BCUT2D eigenvalue weighted by atomic mass is 16.2. The number of anilines is 1. The molecule has 0 aromatic heterocycles. The van der Waals surface area contributed by atoms with Gasteiger partial charge in [-0.25, -0.2) is 0 Å². The third-order valence-corrected chi connectivity index (χ3v) is 4.12. The summed E-state index contributed by atoms with van der Waals surface area (Å²) in [6.45, 7) is 8.74. The van der Waals surface area contributed by atoms with E-state index < -0.39 is 0 Å². The molecule has 1 aromatic carbocycles. The number of hydrogen-bond donors (Lipinski definition) is 1. The minimum Gasteiger partial charge on any atom is -0.339 e. The number of nitrogens with one attached hydrogen (secondary N) is 1. The van der Waals surface area contributed by atoms with Crippen LogP contribution >= 0.6 is 0 Å². The van der Waals surface area contributed by atoms with Gasteiger partial charge in [0, 0.05) is 36.0 Å². The van der Waals surface area contributed by atoms with Crippen LogP contribution in [0.1, 0.15) is 63.7 Å². The van der Waals surface area contributed by atoms with Crippen LogP contribution in [-0.4, -0.2) is 35.6 Å². The quantitative estimate of drug-likeness (QED) is 0.503. The first-order valence-corrected chi connectivity index (χ1v) is 9.28. The number of carbonyl (C=O) groups excluding carboxylic acids is 3. The maximum Gasteiger partial charge on any atom is 0.251 e. The van der Waals surface area contributed by atoms with Crippen LogP contribution in [0.15, 0.2) is 35.9 Å². The van der Waals surface area contributed by atoms with Crippen LogP contribution in [0.3, 0.4) is 0 Å². The molecule has 0 saturated carbocycles. The van der Waals surface area contributed by atoms with E-state index in [4.69, 9.17) is 0 Å². The van der Waals surface area contributed by atoms with E-state index in [0.717, 1.165) is 25.7 Å². The van der Waals surface area contributed by atoms with Crippen molar-refractivity contribution in [2.75, 3.05) is 18.4 Å². The molecule has 26 heavy (non-hydrogen) atoms. The summed E-state index contributed by atoms with van der Waals surface area (Å²) in [6.07, 6.45) is 5.36. The van der Waals surface area contributed by atoms with Gasteiger partial charge in [0.1, 0.15) is 0 Å². The van der Waals surface area contributed by atoms with Crippen LogP contribution in [0.5, 0.6) is 0 Å². The van der Waals surface area contributed by atoms with Crippen molar-refractivity contribution in [2.45, 2.75) is 53.4 Å². The average molecular weight is 358 g/mol. The van der Waals surface area contributed by atoms with Crippen molar-refractivity contribution in [3.8, 4) is 0 Å². The van der Waals surface area contributed by atoms with E-state index in [-0.39, 0.29) is 17.6 Å². The van der Waals surface area contributed by atoms with Crippen molar-refractivity contribution in [1.82, 2.24) is 4.90 Å². The minimum absolute atomic E-state index is 0.0243. The Hall–Kier alpha value is -2.43. The number of ketones is 1. The van der Waals surface area contributed by atoms with Gasteiger partial charge in [-0.1, -0.05) is 26.7 Å². The fourth-order valence-electron chi connectivity index (χ4n) is 2.39. The van der Waals surface area contributed by atoms with Gasteiger partial charge in [0.2, 0.25) is 5.91 Å². The number of Topliss-reactive ketones (excluding diaryl/α,β-unsaturated/α-hetero) is 1. The molecular formula is C21H30N2O3. The molecule has 0 spiro atoms. The van der Waals surface area contributed by atoms with E-state index in [1.54, 1.807) is 31.2 Å². The Kier molecular flexibility index (Phi) is 9.34. The molecule has 0 unspecified atom stereocenters. The lowest BCUT2D eigenvalue weighted by Crippen LogP contribution is -2.32. The number of benzene rings is 1. The summed E-state index contributed by atoms with van der Waals surface area (Å²) in [5.74, 6) is -0.463. The average Bonchev–Trinajstić information content (AvgIpc) is 2.62. The molecule has 5 nitrogen and oxygen atoms in total. The largest absolute Gasteiger partial charge is 0.339 e. The first kappa shape index (κ1) is 21.6. The van der Waals surface area contributed by atoms with Gasteiger partial charge < -0.3 is 10.2 Å². The number of rotatable bonds is 10. The second-order valence-corrected chi connectivity index (χ2v) is 6.45. The summed E-state index contributed by atoms with van der Waals surface area (Å²) >= 11 is 0. The molecule has 0 saturated heterocycles. The van der Waals surface area contributed by atoms with Crippen LogP contribution in [0, 0.1) is 0 Å². The van der Waals surface area contributed by atoms with E-state index in [0.29, 0.717) is 29.9 Å². The van der Waals surface area contributed by atoms with Gasteiger partial charge in [-0.15, -0.1) is 0 Å². The predicted octanol–water partition coefficient (Wildman–Crippen LogP) is 4.20. The normalized spacial score (nSPS) is 11.2. The number of carbonyl (C=O) groups is 3. The van der Waals surface area contributed by atoms with Gasteiger partial charge in [-0.3, -0.25) is 14.4 Å². The lowest BCUT2D eigenvalue weighted by Gasteiger charge is -2.21. The van der Waals surface area contributed by atoms with Gasteiger partial charge >= 0.3 is 0 Å². The van der Waals surface area contributed by atoms with Crippen LogP contribution in [-0.2, 0) is 9.59 Å². The second kappa shape index (κ2) is 11.2. The first-order chi connectivity index (χ1) is 12.4. The van der Waals surface area contributed by atoms with Gasteiger partial charge in [-0.05, 0) is 51.0 Å². The summed E-state index contributed by atoms with van der Waals surface area (Å²) in [5, 5.41) is 2.75. The molecule has 0 aliphatic rings. The van der Waals surface area contributed by atoms with E-state index in [9.17, 15) is 14.4 Å². The Morgan fingerprint density at radius 1 is 0.962 bits per heavy atom. The lowest BCUT2D eigenvalue weighted by molar-refractivity contribution is -0.126. The summed E-state index contributed by atoms with van der Waals surface area (Å²) in [5.41, 5.74) is 1.55. The molecule has 1 N–H and O–H groups in total. The summed E-state index contributed by atoms with van der Waals surface area (Å²) in [7, 11) is 0. The Bertz CT molecular complexity index is 640. The van der Waals surface area contributed by atoms with Crippen molar-refractivity contribution in [3.63, 3.8) is 0 Å². The summed E-state index contributed by atoms with van der Waals surface area (Å²) in [6, 6.07) is 6.69. The van der Waals surface area contributed by atoms with Crippen molar-refractivity contribution in [1.29, 1.82) is 0 Å². The molecule has 1 rings (SSSR count). The van der Waals surface area contributed by atoms with Gasteiger partial charge in [0.15, 0.2) is 5.78 Å². The fourth-order valence-corrected chi connectivity index (χ4v) is 2.39. The van der Waals surface area contributed by atoms with E-state index >= 15 is 0 Å². The Labute approximate surface area is 156 Å². The molecule has 0 aliphatic heterocycles. The first-order valence-electron chi connectivity index (χ1n) is 9.28. The number of amides is 2. The molecular weight excluding hydrogens is 328 g/mol. The topological polar surface area (TPSA) is 66.5 Å². The highest BCUT2D eigenvalue weighted by molar-refractivity contribution is 6.07. The Morgan fingerprint density at radius 2 is 1.50 bits per heavy atom. The van der Waals surface area contributed by atoms with E-state index in [1.807, 2.05) is 4.90 Å². The third-order valence-electron chi connectivity index (χ3n) is 4.12. The smallest absolute Gasteiger partial charge is 0.251 e. The Morgan fingerprint density at radius 3 is 1.96 bits per heavy atom. The molecule has 0 fully saturated rings. The van der Waals surface area contributed by atoms with Gasteiger partial charge in [0.05, 0.1) is 0 Å². The number of hydrogen-bond acceptors (Lipinski definition) is 3. The molecule has 0 radical (unpaired) electrons. The van der Waals surface area contributed by atoms with Crippen LogP contribution < -0.4 is 5.32 Å². The molecule has 2 amide bonds. The zero-order valence-electron chi connectivity index (χ0n) is 16.3. The molecule has 0 heterocycles. The predicted molar refractivity (Wildman–Crippen MR) is 105 cm³/mol. The van der Waals surface area contributed by atoms with Gasteiger partial charge in [-0.2, -0.15) is 0 Å². The zero-order valence-corrected chi connectivity index (χ0v) is 16.3. The van der Waals surface area contributed by atoms with Crippen LogP contribution in [0.4, 0.5) is 5.69 Å². The maximum atomic E-state index is 12.5. The monoisotopic (exact) mass is 358 g/mol. The van der Waals surface area contributed by atoms with E-state index in [1.165, 1.54) is 13.0 Å². The van der Waals surface area contributed by atoms with Crippen molar-refractivity contribution < 1.29 is 14.4 Å². The highest BCUT2D eigenvalue weighted by Crippen LogP contribution is 2.12. The standard InChI is InChI=1S/C21H30N2O3/c1-5-7-13-23(14-8-6-2)20(25)15-16(3)21(26)22-19-11-9-18(10-12-19)17(4)24/h9-12,15H,5-8,13-14H2,1-4H3,(H,22,26)/b16-15-. The highest BCUT2D eigenvalue weighted by Gasteiger charge is 2.13. The third kappa shape index (κ3) is 7.21. The minimum atomic E-state index is -0.320. The van der Waals surface area contributed by atoms with Crippen molar-refractivity contribution in [2.24, 2.45) is 0 Å². The van der Waals surface area contributed by atoms with Crippen molar-refractivity contribution >= 4 is 23.3 Å². The van der Waals surface area contributed by atoms with Crippen LogP contribution in [0.25, 0.3) is 0 Å². The second-order valence-electron chi connectivity index (χ2n) is 6.45. The lowest BCUT2D eigenvalue weighted by atomic mass is 10.1. The van der Waals surface area contributed by atoms with Crippen LogP contribution in [0.2, 0.25) is 0 Å². The molecule has 1 aromatic rings. The molecule has 142 valence electrons. The van der Waals surface area contributed by atoms with E-state index in [2.05, 4.69) is 19.2 Å². The van der Waals surface area contributed by atoms with Crippen molar-refractivity contribution in [3.05, 3.63) is 41.5 Å². The zero-order chi connectivity index (χ0) is 19.5. The molecule has 0 atom stereocenters. The molecule has 5 heteroatoms. The van der Waals surface area contributed by atoms with Gasteiger partial charge in [0.25, 0.3) is 5.91 Å². The molecule has 0 aliphatic carbocycles. The fraction of sp³-hybridized carbons (Fsp3) is 0.476. The molecule has 0 bridgehead atoms. The maximum absolute atomic E-state index is 12.5. The number of unbranched alkanes of at least 4 members (excludes halogenated alkanes) is 2. The Balaban J connectivity index is 2.74. The number of nitrogens with zero attached hydrogens (tertiary/aromatic N) is 1. The summed E-state index contributed by atoms with van der Waals surface area (Å²) in [4.78, 5) is 37.9. The SMILES string of the molecule is CCCCN(CCCC)C(=O)/C=C(/C)C(=O)Nc1ccc(C(C)=O)cc1.